The number of carbonyl (C=O) groups is 1. The van der Waals surface area contributed by atoms with Crippen LogP contribution in [0.1, 0.15) is 20.8 Å². The minimum absolute atomic E-state index is 0.190. The number of primary amides is 1. The van der Waals surface area contributed by atoms with Crippen LogP contribution in [0.3, 0.4) is 0 Å². The number of hydrogen-bond donors (Lipinski definition) is 2. The molecule has 0 atom stereocenters. The van der Waals surface area contributed by atoms with Crippen LogP contribution in [0.15, 0.2) is 34.1 Å². The van der Waals surface area contributed by atoms with E-state index in [1.54, 1.807) is 23.5 Å². The van der Waals surface area contributed by atoms with E-state index in [2.05, 4.69) is 27.3 Å². The molecular formula is C14H14BrFN2OS. The van der Waals surface area contributed by atoms with Crippen molar-refractivity contribution in [3.63, 3.8) is 0 Å². The van der Waals surface area contributed by atoms with Gasteiger partial charge in [-0.25, -0.2) is 4.39 Å². The van der Waals surface area contributed by atoms with Gasteiger partial charge in [-0.2, -0.15) is 0 Å². The van der Waals surface area contributed by atoms with Crippen LogP contribution in [0.25, 0.3) is 0 Å². The van der Waals surface area contributed by atoms with Crippen molar-refractivity contribution in [2.75, 3.05) is 6.54 Å². The molecule has 1 aromatic carbocycles. The number of hydrogen-bond acceptors (Lipinski definition) is 3. The Labute approximate surface area is 129 Å². The monoisotopic (exact) mass is 356 g/mol. The Morgan fingerprint density at radius 2 is 2.15 bits per heavy atom. The Balaban J connectivity index is 1.83. The summed E-state index contributed by atoms with van der Waals surface area (Å²) in [6, 6.07) is 8.39. The first-order valence-electron chi connectivity index (χ1n) is 6.09. The SMILES string of the molecule is NC(=O)c1ccc(CNCCc2ccc(Br)s2)c(F)c1. The molecule has 0 saturated heterocycles. The standard InChI is InChI=1S/C14H14BrFN2OS/c15-13-4-3-11(20-13)5-6-18-8-10-2-1-9(14(17)19)7-12(10)16/h1-4,7,18H,5-6,8H2,(H2,17,19). The summed E-state index contributed by atoms with van der Waals surface area (Å²) in [5, 5.41) is 3.18. The number of halogens is 2. The third kappa shape index (κ3) is 4.13. The minimum Gasteiger partial charge on any atom is -0.366 e. The molecule has 1 amide bonds. The summed E-state index contributed by atoms with van der Waals surface area (Å²) in [5.74, 6) is -1.03. The number of nitrogens with two attached hydrogens (primary N) is 1. The molecule has 3 N–H and O–H groups in total. The van der Waals surface area contributed by atoms with E-state index < -0.39 is 11.7 Å². The highest BCUT2D eigenvalue weighted by Gasteiger charge is 2.06. The normalized spacial score (nSPS) is 10.7. The van der Waals surface area contributed by atoms with Gasteiger partial charge in [-0.05, 0) is 46.6 Å². The summed E-state index contributed by atoms with van der Waals surface area (Å²) in [4.78, 5) is 12.2. The van der Waals surface area contributed by atoms with Crippen LogP contribution in [0.5, 0.6) is 0 Å². The fourth-order valence-corrected chi connectivity index (χ4v) is 3.25. The molecule has 0 aliphatic carbocycles. The van der Waals surface area contributed by atoms with Crippen LogP contribution in [0, 0.1) is 5.82 Å². The molecule has 106 valence electrons. The van der Waals surface area contributed by atoms with E-state index in [-0.39, 0.29) is 5.56 Å². The first kappa shape index (κ1) is 15.2. The number of benzene rings is 1. The van der Waals surface area contributed by atoms with Crippen LogP contribution < -0.4 is 11.1 Å². The second-order valence-electron chi connectivity index (χ2n) is 4.30. The second-order valence-corrected chi connectivity index (χ2v) is 6.85. The van der Waals surface area contributed by atoms with Crippen molar-refractivity contribution in [2.24, 2.45) is 5.73 Å². The van der Waals surface area contributed by atoms with Gasteiger partial charge in [0.25, 0.3) is 0 Å². The Morgan fingerprint density at radius 3 is 2.75 bits per heavy atom. The lowest BCUT2D eigenvalue weighted by Crippen LogP contribution is -2.18. The second kappa shape index (κ2) is 6.97. The first-order valence-corrected chi connectivity index (χ1v) is 7.70. The van der Waals surface area contributed by atoms with Crippen molar-refractivity contribution < 1.29 is 9.18 Å². The van der Waals surface area contributed by atoms with Crippen LogP contribution in [0.2, 0.25) is 0 Å². The fourth-order valence-electron chi connectivity index (χ4n) is 1.76. The molecule has 20 heavy (non-hydrogen) atoms. The Kier molecular flexibility index (Phi) is 5.28. The van der Waals surface area contributed by atoms with E-state index in [1.165, 1.54) is 10.9 Å². The molecule has 0 spiro atoms. The van der Waals surface area contributed by atoms with Crippen molar-refractivity contribution in [1.82, 2.24) is 5.32 Å². The van der Waals surface area contributed by atoms with Crippen LogP contribution in [-0.4, -0.2) is 12.5 Å². The van der Waals surface area contributed by atoms with E-state index >= 15 is 0 Å². The predicted molar refractivity (Wildman–Crippen MR) is 82.3 cm³/mol. The first-order chi connectivity index (χ1) is 9.56. The maximum Gasteiger partial charge on any atom is 0.248 e. The van der Waals surface area contributed by atoms with Gasteiger partial charge in [0.05, 0.1) is 3.79 Å². The topological polar surface area (TPSA) is 55.1 Å². The summed E-state index contributed by atoms with van der Waals surface area (Å²) >= 11 is 5.11. The Morgan fingerprint density at radius 1 is 1.35 bits per heavy atom. The zero-order chi connectivity index (χ0) is 14.5. The third-order valence-corrected chi connectivity index (χ3v) is 4.51. The summed E-state index contributed by atoms with van der Waals surface area (Å²) < 4.78 is 14.8. The van der Waals surface area contributed by atoms with Gasteiger partial charge in [-0.15, -0.1) is 11.3 Å². The molecule has 0 radical (unpaired) electrons. The van der Waals surface area contributed by atoms with Crippen molar-refractivity contribution in [3.05, 3.63) is 55.9 Å². The molecule has 0 unspecified atom stereocenters. The maximum absolute atomic E-state index is 13.7. The highest BCUT2D eigenvalue weighted by molar-refractivity contribution is 9.11. The molecule has 2 aromatic rings. The van der Waals surface area contributed by atoms with Gasteiger partial charge >= 0.3 is 0 Å². The van der Waals surface area contributed by atoms with E-state index in [0.29, 0.717) is 12.1 Å². The molecule has 6 heteroatoms. The number of carbonyl (C=O) groups excluding carboxylic acids is 1. The minimum atomic E-state index is -0.619. The highest BCUT2D eigenvalue weighted by Crippen LogP contribution is 2.22. The molecule has 0 saturated carbocycles. The van der Waals surface area contributed by atoms with Crippen molar-refractivity contribution in [1.29, 1.82) is 0 Å². The van der Waals surface area contributed by atoms with Crippen molar-refractivity contribution in [2.45, 2.75) is 13.0 Å². The fraction of sp³-hybridized carbons (Fsp3) is 0.214. The summed E-state index contributed by atoms with van der Waals surface area (Å²) in [6.07, 6.45) is 0.900. The smallest absolute Gasteiger partial charge is 0.248 e. The molecule has 3 nitrogen and oxygen atoms in total. The molecule has 0 bridgehead atoms. The third-order valence-electron chi connectivity index (χ3n) is 2.83. The molecular weight excluding hydrogens is 343 g/mol. The van der Waals surface area contributed by atoms with E-state index in [0.717, 1.165) is 16.8 Å². The molecule has 0 aliphatic heterocycles. The van der Waals surface area contributed by atoms with Gasteiger partial charge in [-0.1, -0.05) is 6.07 Å². The average molecular weight is 357 g/mol. The summed E-state index contributed by atoms with van der Waals surface area (Å²) in [7, 11) is 0. The van der Waals surface area contributed by atoms with E-state index in [4.69, 9.17) is 5.73 Å². The number of amides is 1. The number of nitrogens with one attached hydrogen (secondary N) is 1. The van der Waals surface area contributed by atoms with Gasteiger partial charge in [0.2, 0.25) is 5.91 Å². The quantitative estimate of drug-likeness (QED) is 0.781. The van der Waals surface area contributed by atoms with Crippen molar-refractivity contribution in [3.8, 4) is 0 Å². The van der Waals surface area contributed by atoms with Crippen LogP contribution >= 0.6 is 27.3 Å². The van der Waals surface area contributed by atoms with Gasteiger partial charge in [0.1, 0.15) is 5.82 Å². The lowest BCUT2D eigenvalue weighted by molar-refractivity contribution is 0.1000. The van der Waals surface area contributed by atoms with Crippen molar-refractivity contribution >= 4 is 33.2 Å². The molecule has 1 heterocycles. The maximum atomic E-state index is 13.7. The molecule has 1 aromatic heterocycles. The van der Waals surface area contributed by atoms with Gasteiger partial charge in [-0.3, -0.25) is 4.79 Å². The Bertz CT molecular complexity index is 615. The largest absolute Gasteiger partial charge is 0.366 e. The van der Waals surface area contributed by atoms with E-state index in [9.17, 15) is 9.18 Å². The Hall–Kier alpha value is -1.24. The van der Waals surface area contributed by atoms with E-state index in [1.807, 2.05) is 6.07 Å². The zero-order valence-corrected chi connectivity index (χ0v) is 13.1. The van der Waals surface area contributed by atoms with Gasteiger partial charge in [0.15, 0.2) is 0 Å². The van der Waals surface area contributed by atoms with Crippen LogP contribution in [-0.2, 0) is 13.0 Å². The highest BCUT2D eigenvalue weighted by atomic mass is 79.9. The number of rotatable bonds is 6. The lowest BCUT2D eigenvalue weighted by atomic mass is 10.1. The predicted octanol–water partition coefficient (Wildman–Crippen LogP) is 3.08. The van der Waals surface area contributed by atoms with Gasteiger partial charge < -0.3 is 11.1 Å². The molecule has 0 aliphatic rings. The number of thiophene rings is 1. The van der Waals surface area contributed by atoms with Gasteiger partial charge in [0, 0.05) is 29.1 Å². The summed E-state index contributed by atoms with van der Waals surface area (Å²) in [6.45, 7) is 1.20. The average Bonchev–Trinajstić information content (AvgIpc) is 2.81. The molecule has 0 fully saturated rings. The lowest BCUT2D eigenvalue weighted by Gasteiger charge is -2.06. The molecule has 2 rings (SSSR count). The summed E-state index contributed by atoms with van der Waals surface area (Å²) in [5.41, 5.74) is 5.82. The van der Waals surface area contributed by atoms with Crippen LogP contribution in [0.4, 0.5) is 4.39 Å². The zero-order valence-electron chi connectivity index (χ0n) is 10.7.